The maximum absolute atomic E-state index is 11.6. The maximum atomic E-state index is 11.6. The van der Waals surface area contributed by atoms with Crippen molar-refractivity contribution in [2.24, 2.45) is 0 Å². The fourth-order valence-electron chi connectivity index (χ4n) is 4.66. The molecule has 83 heavy (non-hydrogen) atoms. The van der Waals surface area contributed by atoms with Crippen molar-refractivity contribution in [1.82, 2.24) is 52.8 Å². The number of unbranched alkanes of at least 4 members (excludes halogenated alkanes) is 6. The predicted molar refractivity (Wildman–Crippen MR) is 325 cm³/mol. The normalized spacial score (nSPS) is 9.54. The highest BCUT2D eigenvalue weighted by Gasteiger charge is 2.19. The van der Waals surface area contributed by atoms with E-state index in [9.17, 15) is 62.3 Å². The van der Waals surface area contributed by atoms with E-state index in [0.717, 1.165) is 109 Å². The molecule has 0 rings (SSSR count). The number of carboxylic acids is 5. The summed E-state index contributed by atoms with van der Waals surface area (Å²) in [5.41, 5.74) is 0. The fourth-order valence-corrected chi connectivity index (χ4v) is 5.10. The third-order valence-electron chi connectivity index (χ3n) is 8.88. The van der Waals surface area contributed by atoms with Crippen LogP contribution in [0.15, 0.2) is 0 Å². The number of hydrogen-bond donors (Lipinski definition) is 17. The van der Waals surface area contributed by atoms with Crippen molar-refractivity contribution in [3.8, 4) is 0 Å². The van der Waals surface area contributed by atoms with E-state index in [1.54, 1.807) is 27.9 Å². The van der Waals surface area contributed by atoms with Gasteiger partial charge in [0.1, 0.15) is 44.3 Å². The Hall–Kier alpha value is -5.83. The van der Waals surface area contributed by atoms with Gasteiger partial charge in [0, 0.05) is 109 Å². The Kier molecular flexibility index (Phi) is 101. The van der Waals surface area contributed by atoms with Crippen LogP contribution in [0.25, 0.3) is 0 Å². The first-order valence-corrected chi connectivity index (χ1v) is 28.5. The monoisotopic (exact) mass is 1240 g/mol. The number of nitrogens with zero attached hydrogens (tertiary/aromatic N) is 1. The van der Waals surface area contributed by atoms with E-state index in [-0.39, 0.29) is 56.5 Å². The van der Waals surface area contributed by atoms with Gasteiger partial charge in [-0.25, -0.2) is 9.59 Å². The average Bonchev–Trinajstić information content (AvgIpc) is 3.46. The molecule has 0 aliphatic heterocycles. The van der Waals surface area contributed by atoms with Crippen LogP contribution in [-0.4, -0.2) is 239 Å². The summed E-state index contributed by atoms with van der Waals surface area (Å²) in [7, 11) is 6.32. The summed E-state index contributed by atoms with van der Waals surface area (Å²) < 4.78 is 0. The molecule has 15 N–H and O–H groups in total. The second-order valence-electron chi connectivity index (χ2n) is 16.1. The lowest BCUT2D eigenvalue weighted by atomic mass is 10.1. The van der Waals surface area contributed by atoms with E-state index in [1.807, 2.05) is 19.3 Å². The lowest BCUT2D eigenvalue weighted by molar-refractivity contribution is -0.139. The molecule has 490 valence electrons. The molecule has 0 fully saturated rings. The van der Waals surface area contributed by atoms with Gasteiger partial charge in [-0.2, -0.15) is 25.3 Å². The number of aldehydes is 4. The van der Waals surface area contributed by atoms with Crippen LogP contribution in [0.5, 0.6) is 0 Å². The maximum Gasteiger partial charge on any atom is 0.326 e. The Morgan fingerprint density at radius 1 is 0.482 bits per heavy atom. The number of carbonyl (C=O) groups excluding carboxylic acids is 8. The molecule has 5 amide bonds. The highest BCUT2D eigenvalue weighted by Crippen LogP contribution is 2.05. The molecule has 0 spiro atoms. The van der Waals surface area contributed by atoms with E-state index < -0.39 is 48.5 Å². The molecule has 0 saturated heterocycles. The summed E-state index contributed by atoms with van der Waals surface area (Å²) in [5.74, 6) is -3.78. The smallest absolute Gasteiger partial charge is 0.326 e. The number of likely N-dealkylation sites (N-methyl/N-ethyl adjacent to an activating group) is 2. The molecule has 31 heteroatoms. The minimum atomic E-state index is -1.23. The van der Waals surface area contributed by atoms with Gasteiger partial charge >= 0.3 is 35.9 Å². The molecule has 0 aromatic rings. The number of carboxylic acid groups (broad SMARTS) is 5. The first-order valence-electron chi connectivity index (χ1n) is 27.3. The highest BCUT2D eigenvalue weighted by atomic mass is 32.1. The zero-order valence-electron chi connectivity index (χ0n) is 50.4. The second-order valence-corrected chi connectivity index (χ2v) is 17.0. The van der Waals surface area contributed by atoms with Crippen LogP contribution in [0.1, 0.15) is 130 Å². The summed E-state index contributed by atoms with van der Waals surface area (Å²) in [5, 5.41) is 71.6. The van der Waals surface area contributed by atoms with Gasteiger partial charge in [0.2, 0.25) is 17.7 Å². The minimum Gasteiger partial charge on any atom is -0.481 e. The summed E-state index contributed by atoms with van der Waals surface area (Å²) >= 11 is 8.36. The van der Waals surface area contributed by atoms with Crippen molar-refractivity contribution in [3.05, 3.63) is 0 Å². The first-order chi connectivity index (χ1) is 39.5. The number of thiol groups is 2. The van der Waals surface area contributed by atoms with Crippen LogP contribution in [0, 0.1) is 0 Å². The highest BCUT2D eigenvalue weighted by molar-refractivity contribution is 7.80. The van der Waals surface area contributed by atoms with Gasteiger partial charge in [-0.15, -0.1) is 0 Å². The standard InChI is InChI=1S/C17H29N3O7.C12H25N3O2S2.C5H10N2O3.C5H13N.C3H7NO.2C3H6O2.C3H6O.CH4O/c21-11-7-3-1-2-4-9-14(22)18-10-6-5-8-13(16(25)26)20-17(27)19-12-15(23)24;16-9-1-2-12(17)14-4-7-15(8-11-19)6-3-13-5-10-18;1-6-2-4(8)7-3-5(9)10;1-3-4-5-6-2;1-4-2-3-5;2*1-2-3(4)5;1-2-3-4;1-2/h11,13H,1-10,12H2,(H,18,22)(H,23,24)(H,25,26)(H2,19,20,27);9,13,18-19H,1-8,10-11H2,(H,14,17);6H,2-3H2,1H3,(H,7,8)(H,9,10);6H,3-5H2,1-2H3;3-4H,2H2,1H3;2*2H2,1H3,(H,4,5);3H,2H2,1H3;2H,1H3. The molecule has 0 saturated carbocycles. The SMILES string of the molecule is CCC(=O)O.CCC(=O)O.CCC=O.CCCCNC.CNCC(=O)NCC(=O)O.CNCC=O.CO.O=CCCC(=O)NCCN(CCS)CCNCCS.O=CCCCCCCC(=O)NCCCCC(NC(=O)NCC(=O)O)C(=O)O. The molecule has 0 aliphatic carbocycles. The number of carbonyl (C=O) groups is 13. The molecule has 0 aromatic heterocycles. The van der Waals surface area contributed by atoms with Crippen molar-refractivity contribution in [2.75, 3.05) is 118 Å². The molecular weight excluding hydrogens is 1130 g/mol. The van der Waals surface area contributed by atoms with Crippen molar-refractivity contribution in [1.29, 1.82) is 0 Å². The molecule has 0 radical (unpaired) electrons. The molecule has 0 heterocycles. The van der Waals surface area contributed by atoms with Crippen LogP contribution in [0.4, 0.5) is 4.79 Å². The van der Waals surface area contributed by atoms with Crippen LogP contribution in [0.3, 0.4) is 0 Å². The zero-order valence-corrected chi connectivity index (χ0v) is 52.2. The molecule has 1 atom stereocenters. The number of amides is 5. The quantitative estimate of drug-likeness (QED) is 0.0225. The lowest BCUT2D eigenvalue weighted by Gasteiger charge is -2.21. The van der Waals surface area contributed by atoms with Crippen LogP contribution < -0.4 is 47.9 Å². The summed E-state index contributed by atoms with van der Waals surface area (Å²) in [6, 6.07) is -1.98. The Morgan fingerprint density at radius 3 is 1.41 bits per heavy atom. The molecular formula is C52H106N10O19S2. The summed E-state index contributed by atoms with van der Waals surface area (Å²) in [4.78, 5) is 136. The largest absolute Gasteiger partial charge is 0.481 e. The minimum absolute atomic E-state index is 0.0636. The number of urea groups is 1. The van der Waals surface area contributed by atoms with Gasteiger partial charge in [-0.05, 0) is 66.2 Å². The van der Waals surface area contributed by atoms with Crippen molar-refractivity contribution in [3.63, 3.8) is 0 Å². The Bertz CT molecular complexity index is 1560. The van der Waals surface area contributed by atoms with Gasteiger partial charge in [-0.1, -0.05) is 47.0 Å². The number of nitrogens with one attached hydrogen (secondary N) is 9. The van der Waals surface area contributed by atoms with Crippen LogP contribution in [-0.2, 0) is 57.5 Å². The van der Waals surface area contributed by atoms with Gasteiger partial charge in [0.25, 0.3) is 0 Å². The topological polar surface area (TPSA) is 455 Å². The number of hydrogen-bond acceptors (Lipinski definition) is 21. The van der Waals surface area contributed by atoms with E-state index in [2.05, 4.69) is 79.6 Å². The van der Waals surface area contributed by atoms with Crippen molar-refractivity contribution >= 4 is 104 Å². The van der Waals surface area contributed by atoms with Gasteiger partial charge in [-0.3, -0.25) is 38.5 Å². The molecule has 0 aromatic carbocycles. The molecule has 1 unspecified atom stereocenters. The van der Waals surface area contributed by atoms with E-state index in [1.165, 1.54) is 12.8 Å². The van der Waals surface area contributed by atoms with E-state index in [4.69, 9.17) is 30.6 Å². The lowest BCUT2D eigenvalue weighted by Crippen LogP contribution is -2.47. The molecule has 29 nitrogen and oxygen atoms in total. The number of aliphatic hydroxyl groups excluding tert-OH is 1. The summed E-state index contributed by atoms with van der Waals surface area (Å²) in [6.07, 6.45) is 13.2. The summed E-state index contributed by atoms with van der Waals surface area (Å²) in [6.45, 7) is 13.5. The third kappa shape index (κ3) is 116. The zero-order chi connectivity index (χ0) is 65.8. The Balaban J connectivity index is -0.000000120. The van der Waals surface area contributed by atoms with Crippen LogP contribution in [0.2, 0.25) is 0 Å². The van der Waals surface area contributed by atoms with Gasteiger partial charge < -0.3 is 97.7 Å². The van der Waals surface area contributed by atoms with E-state index >= 15 is 0 Å². The second kappa shape index (κ2) is 87.4. The molecule has 0 bridgehead atoms. The Labute approximate surface area is 502 Å². The van der Waals surface area contributed by atoms with Crippen molar-refractivity contribution < 1.29 is 93.0 Å². The first kappa shape index (κ1) is 96.3. The number of rotatable bonds is 41. The van der Waals surface area contributed by atoms with Gasteiger partial charge in [0.05, 0.1) is 13.1 Å². The average molecular weight is 1240 g/mol. The third-order valence-corrected chi connectivity index (χ3v) is 9.31. The Morgan fingerprint density at radius 2 is 1.00 bits per heavy atom. The fraction of sp³-hybridized carbons (Fsp3) is 0.750. The number of aliphatic hydroxyl groups is 1. The predicted octanol–water partition coefficient (Wildman–Crippen LogP) is 0.465. The van der Waals surface area contributed by atoms with Crippen LogP contribution >= 0.6 is 25.3 Å². The van der Waals surface area contributed by atoms with Gasteiger partial charge in [0.15, 0.2) is 0 Å². The van der Waals surface area contributed by atoms with Crippen molar-refractivity contribution in [2.45, 2.75) is 136 Å². The molecule has 0 aliphatic rings. The van der Waals surface area contributed by atoms with E-state index in [0.29, 0.717) is 58.2 Å². The number of aliphatic carboxylic acids is 5.